The van der Waals surface area contributed by atoms with Gasteiger partial charge in [-0.05, 0) is 24.6 Å². The van der Waals surface area contributed by atoms with Crippen LogP contribution in [0.4, 0.5) is 0 Å². The number of thiocarbonyl (C=S) groups is 1. The molecule has 1 aromatic rings. The SMILES string of the molecule is CC(NCc1ccc(Cl)cc1)=C(C#N)C(N)=S. The number of rotatable bonds is 4. The van der Waals surface area contributed by atoms with Crippen molar-refractivity contribution in [2.45, 2.75) is 13.5 Å². The van der Waals surface area contributed by atoms with Crippen LogP contribution in [0.5, 0.6) is 0 Å². The lowest BCUT2D eigenvalue weighted by Gasteiger charge is -2.08. The van der Waals surface area contributed by atoms with Crippen LogP contribution in [0.15, 0.2) is 35.5 Å². The highest BCUT2D eigenvalue weighted by Gasteiger charge is 2.04. The molecule has 5 heteroatoms. The number of nitriles is 1. The zero-order chi connectivity index (χ0) is 12.8. The molecule has 0 radical (unpaired) electrons. The van der Waals surface area contributed by atoms with Crippen molar-refractivity contribution in [3.05, 3.63) is 46.1 Å². The molecule has 0 amide bonds. The van der Waals surface area contributed by atoms with Crippen molar-refractivity contribution in [1.29, 1.82) is 5.26 Å². The molecule has 0 aliphatic heterocycles. The summed E-state index contributed by atoms with van der Waals surface area (Å²) in [6, 6.07) is 9.43. The number of nitrogens with zero attached hydrogens (tertiary/aromatic N) is 1. The van der Waals surface area contributed by atoms with Gasteiger partial charge < -0.3 is 11.1 Å². The summed E-state index contributed by atoms with van der Waals surface area (Å²) in [5, 5.41) is 12.7. The lowest BCUT2D eigenvalue weighted by molar-refractivity contribution is 0.809. The Labute approximate surface area is 111 Å². The van der Waals surface area contributed by atoms with Crippen LogP contribution in [-0.4, -0.2) is 4.99 Å². The van der Waals surface area contributed by atoms with Gasteiger partial charge in [-0.25, -0.2) is 0 Å². The monoisotopic (exact) mass is 265 g/mol. The van der Waals surface area contributed by atoms with E-state index in [-0.39, 0.29) is 4.99 Å². The number of nitrogens with one attached hydrogen (secondary N) is 1. The first-order chi connectivity index (χ1) is 8.04. The number of benzene rings is 1. The fraction of sp³-hybridized carbons (Fsp3) is 0.167. The summed E-state index contributed by atoms with van der Waals surface area (Å²) in [5.41, 5.74) is 7.48. The van der Waals surface area contributed by atoms with E-state index in [0.717, 1.165) is 5.56 Å². The van der Waals surface area contributed by atoms with Crippen molar-refractivity contribution >= 4 is 28.8 Å². The lowest BCUT2D eigenvalue weighted by Crippen LogP contribution is -2.19. The fourth-order valence-electron chi connectivity index (χ4n) is 1.25. The molecule has 0 saturated heterocycles. The molecule has 1 rings (SSSR count). The third kappa shape index (κ3) is 4.06. The van der Waals surface area contributed by atoms with Gasteiger partial charge in [0.25, 0.3) is 0 Å². The van der Waals surface area contributed by atoms with Crippen LogP contribution in [-0.2, 0) is 6.54 Å². The van der Waals surface area contributed by atoms with Gasteiger partial charge in [0, 0.05) is 17.3 Å². The number of allylic oxidation sites excluding steroid dienone is 1. The Morgan fingerprint density at radius 1 is 1.47 bits per heavy atom. The zero-order valence-electron chi connectivity index (χ0n) is 9.33. The van der Waals surface area contributed by atoms with Gasteiger partial charge in [0.2, 0.25) is 0 Å². The van der Waals surface area contributed by atoms with Crippen molar-refractivity contribution in [3.8, 4) is 6.07 Å². The van der Waals surface area contributed by atoms with Crippen LogP contribution in [0.2, 0.25) is 5.02 Å². The first kappa shape index (κ1) is 13.5. The van der Waals surface area contributed by atoms with Crippen LogP contribution in [0.3, 0.4) is 0 Å². The summed E-state index contributed by atoms with van der Waals surface area (Å²) in [7, 11) is 0. The lowest BCUT2D eigenvalue weighted by atomic mass is 10.2. The van der Waals surface area contributed by atoms with E-state index in [2.05, 4.69) is 5.32 Å². The molecule has 1 aromatic carbocycles. The topological polar surface area (TPSA) is 61.8 Å². The maximum Gasteiger partial charge on any atom is 0.116 e. The molecular formula is C12H12ClN3S. The minimum absolute atomic E-state index is 0.105. The first-order valence-corrected chi connectivity index (χ1v) is 5.72. The van der Waals surface area contributed by atoms with Crippen LogP contribution in [0.1, 0.15) is 12.5 Å². The van der Waals surface area contributed by atoms with E-state index in [9.17, 15) is 0 Å². The molecule has 0 saturated carbocycles. The molecule has 0 spiro atoms. The van der Waals surface area contributed by atoms with Crippen molar-refractivity contribution in [2.24, 2.45) is 5.73 Å². The summed E-state index contributed by atoms with van der Waals surface area (Å²) in [5.74, 6) is 0. The number of hydrogen-bond donors (Lipinski definition) is 2. The van der Waals surface area contributed by atoms with Gasteiger partial charge in [-0.3, -0.25) is 0 Å². The number of hydrogen-bond acceptors (Lipinski definition) is 3. The molecule has 0 aliphatic carbocycles. The van der Waals surface area contributed by atoms with Crippen LogP contribution >= 0.6 is 23.8 Å². The van der Waals surface area contributed by atoms with Gasteiger partial charge >= 0.3 is 0 Å². The highest BCUT2D eigenvalue weighted by Crippen LogP contribution is 2.10. The smallest absolute Gasteiger partial charge is 0.116 e. The average Bonchev–Trinajstić information content (AvgIpc) is 2.28. The molecular weight excluding hydrogens is 254 g/mol. The fourth-order valence-corrected chi connectivity index (χ4v) is 1.57. The minimum atomic E-state index is 0.105. The molecule has 3 nitrogen and oxygen atoms in total. The van der Waals surface area contributed by atoms with Crippen LogP contribution in [0.25, 0.3) is 0 Å². The second kappa shape index (κ2) is 6.24. The Hall–Kier alpha value is -1.57. The van der Waals surface area contributed by atoms with Gasteiger partial charge in [0.1, 0.15) is 16.6 Å². The van der Waals surface area contributed by atoms with Gasteiger partial charge in [-0.2, -0.15) is 5.26 Å². The molecule has 0 unspecified atom stereocenters. The van der Waals surface area contributed by atoms with E-state index in [1.807, 2.05) is 30.3 Å². The molecule has 88 valence electrons. The van der Waals surface area contributed by atoms with E-state index in [4.69, 9.17) is 34.8 Å². The van der Waals surface area contributed by atoms with Crippen molar-refractivity contribution in [1.82, 2.24) is 5.32 Å². The molecule has 0 atom stereocenters. The summed E-state index contributed by atoms with van der Waals surface area (Å²) in [6.07, 6.45) is 0. The van der Waals surface area contributed by atoms with Crippen molar-refractivity contribution < 1.29 is 0 Å². The first-order valence-electron chi connectivity index (χ1n) is 4.93. The van der Waals surface area contributed by atoms with Crippen molar-refractivity contribution in [2.75, 3.05) is 0 Å². The predicted octanol–water partition coefficient (Wildman–Crippen LogP) is 2.51. The highest BCUT2D eigenvalue weighted by molar-refractivity contribution is 7.80. The largest absolute Gasteiger partial charge is 0.389 e. The van der Waals surface area contributed by atoms with E-state index in [1.54, 1.807) is 6.92 Å². The zero-order valence-corrected chi connectivity index (χ0v) is 10.9. The number of nitrogens with two attached hydrogens (primary N) is 1. The normalized spacial score (nSPS) is 11.4. The summed E-state index contributed by atoms with van der Waals surface area (Å²) >= 11 is 10.6. The Morgan fingerprint density at radius 2 is 2.06 bits per heavy atom. The second-order valence-electron chi connectivity index (χ2n) is 3.46. The molecule has 0 aliphatic rings. The van der Waals surface area contributed by atoms with E-state index in [1.165, 1.54) is 0 Å². The Morgan fingerprint density at radius 3 is 2.53 bits per heavy atom. The Kier molecular flexibility index (Phi) is 4.95. The maximum absolute atomic E-state index is 8.87. The van der Waals surface area contributed by atoms with Gasteiger partial charge in [-0.1, -0.05) is 36.0 Å². The summed E-state index contributed by atoms with van der Waals surface area (Å²) in [4.78, 5) is 0.105. The summed E-state index contributed by atoms with van der Waals surface area (Å²) in [6.45, 7) is 2.37. The summed E-state index contributed by atoms with van der Waals surface area (Å²) < 4.78 is 0. The Bertz CT molecular complexity index is 485. The quantitative estimate of drug-likeness (QED) is 0.499. The maximum atomic E-state index is 8.87. The van der Waals surface area contributed by atoms with E-state index < -0.39 is 0 Å². The van der Waals surface area contributed by atoms with E-state index in [0.29, 0.717) is 22.8 Å². The molecule has 0 bridgehead atoms. The van der Waals surface area contributed by atoms with Gasteiger partial charge in [0.05, 0.1) is 0 Å². The number of halogens is 1. The third-order valence-corrected chi connectivity index (χ3v) is 2.66. The minimum Gasteiger partial charge on any atom is -0.389 e. The molecule has 0 aromatic heterocycles. The molecule has 17 heavy (non-hydrogen) atoms. The molecule has 0 fully saturated rings. The average molecular weight is 266 g/mol. The second-order valence-corrected chi connectivity index (χ2v) is 4.33. The standard InChI is InChI=1S/C12H12ClN3S/c1-8(11(6-14)12(15)17)16-7-9-2-4-10(13)5-3-9/h2-5,16H,7H2,1H3,(H2,15,17). The van der Waals surface area contributed by atoms with Crippen molar-refractivity contribution in [3.63, 3.8) is 0 Å². The van der Waals surface area contributed by atoms with Crippen LogP contribution in [0, 0.1) is 11.3 Å². The van der Waals surface area contributed by atoms with Gasteiger partial charge in [0.15, 0.2) is 0 Å². The van der Waals surface area contributed by atoms with Gasteiger partial charge in [-0.15, -0.1) is 0 Å². The highest BCUT2D eigenvalue weighted by atomic mass is 35.5. The molecule has 0 heterocycles. The Balaban J connectivity index is 2.71. The van der Waals surface area contributed by atoms with Crippen LogP contribution < -0.4 is 11.1 Å². The van der Waals surface area contributed by atoms with E-state index >= 15 is 0 Å². The predicted molar refractivity (Wildman–Crippen MR) is 73.4 cm³/mol. The molecule has 3 N–H and O–H groups in total. The third-order valence-electron chi connectivity index (χ3n) is 2.20.